The molecule has 1 atom stereocenters. The summed E-state index contributed by atoms with van der Waals surface area (Å²) in [5.74, 6) is 0. The standard InChI is InChI=1S/C27H34N6O/c1-34-18-27(21-6-3-2-4-7-21)31-23-11-14-32(15-12-23)13-5-8-22-17-28-26-10-9-24(16-25(22)26)33-19-29-30-20-33/h2-4,6-7,9-10,16-17,19-20,23,27-28,31H,5,8,11-15,18H2,1H3/t27-/m0/s1. The van der Waals surface area contributed by atoms with E-state index < -0.39 is 0 Å². The second-order valence-electron chi connectivity index (χ2n) is 9.22. The maximum atomic E-state index is 5.49. The lowest BCUT2D eigenvalue weighted by molar-refractivity contribution is 0.141. The molecule has 7 nitrogen and oxygen atoms in total. The Hall–Kier alpha value is -3.00. The van der Waals surface area contributed by atoms with Gasteiger partial charge in [0.25, 0.3) is 0 Å². The topological polar surface area (TPSA) is 71.0 Å². The minimum atomic E-state index is 0.257. The molecule has 2 N–H and O–H groups in total. The number of hydrogen-bond acceptors (Lipinski definition) is 5. The molecule has 1 aliphatic rings. The molecule has 34 heavy (non-hydrogen) atoms. The van der Waals surface area contributed by atoms with Crippen LogP contribution in [0.25, 0.3) is 16.6 Å². The van der Waals surface area contributed by atoms with Gasteiger partial charge >= 0.3 is 0 Å². The second-order valence-corrected chi connectivity index (χ2v) is 9.22. The lowest BCUT2D eigenvalue weighted by atomic mass is 10.0. The number of ether oxygens (including phenoxy) is 1. The molecule has 4 aromatic rings. The van der Waals surface area contributed by atoms with Gasteiger partial charge in [-0.1, -0.05) is 30.3 Å². The molecule has 5 rings (SSSR count). The highest BCUT2D eigenvalue weighted by Gasteiger charge is 2.22. The van der Waals surface area contributed by atoms with E-state index in [2.05, 4.69) is 80.1 Å². The largest absolute Gasteiger partial charge is 0.383 e. The number of benzene rings is 2. The number of hydrogen-bond donors (Lipinski definition) is 2. The van der Waals surface area contributed by atoms with E-state index in [0.29, 0.717) is 12.6 Å². The summed E-state index contributed by atoms with van der Waals surface area (Å²) in [5.41, 5.74) is 4.96. The minimum Gasteiger partial charge on any atom is -0.383 e. The van der Waals surface area contributed by atoms with Crippen LogP contribution in [0.1, 0.15) is 36.4 Å². The zero-order valence-corrected chi connectivity index (χ0v) is 19.9. The monoisotopic (exact) mass is 458 g/mol. The highest BCUT2D eigenvalue weighted by molar-refractivity contribution is 5.85. The number of rotatable bonds is 10. The first-order valence-corrected chi connectivity index (χ1v) is 12.3. The van der Waals surface area contributed by atoms with Crippen LogP contribution in [0.3, 0.4) is 0 Å². The maximum absolute atomic E-state index is 5.49. The fraction of sp³-hybridized carbons (Fsp3) is 0.407. The number of methoxy groups -OCH3 is 1. The van der Waals surface area contributed by atoms with Crippen molar-refractivity contribution in [3.05, 3.63) is 78.5 Å². The molecule has 1 saturated heterocycles. The van der Waals surface area contributed by atoms with Crippen LogP contribution in [0.5, 0.6) is 0 Å². The average molecular weight is 459 g/mol. The highest BCUT2D eigenvalue weighted by atomic mass is 16.5. The molecule has 1 fully saturated rings. The Kier molecular flexibility index (Phi) is 7.34. The molecule has 0 radical (unpaired) electrons. The summed E-state index contributed by atoms with van der Waals surface area (Å²) in [7, 11) is 1.78. The number of piperidine rings is 1. The number of nitrogens with one attached hydrogen (secondary N) is 2. The summed E-state index contributed by atoms with van der Waals surface area (Å²) in [6.07, 6.45) is 10.2. The van der Waals surface area contributed by atoms with E-state index in [1.54, 1.807) is 19.8 Å². The van der Waals surface area contributed by atoms with Crippen molar-refractivity contribution >= 4 is 10.9 Å². The lowest BCUT2D eigenvalue weighted by Gasteiger charge is -2.34. The molecule has 0 aliphatic carbocycles. The summed E-state index contributed by atoms with van der Waals surface area (Å²) in [5, 5.41) is 13.0. The van der Waals surface area contributed by atoms with E-state index in [1.165, 1.54) is 34.9 Å². The molecule has 0 saturated carbocycles. The molecule has 1 aliphatic heterocycles. The predicted octanol–water partition coefficient (Wildman–Crippen LogP) is 4.12. The summed E-state index contributed by atoms with van der Waals surface area (Å²) in [6, 6.07) is 17.9. The molecule has 3 heterocycles. The Bertz CT molecular complexity index is 1150. The van der Waals surface area contributed by atoms with Crippen molar-refractivity contribution in [2.45, 2.75) is 37.8 Å². The summed E-state index contributed by atoms with van der Waals surface area (Å²) in [6.45, 7) is 4.15. The van der Waals surface area contributed by atoms with Gasteiger partial charge in [-0.15, -0.1) is 10.2 Å². The number of fused-ring (bicyclic) bond motifs is 1. The number of H-pyrrole nitrogens is 1. The first kappa shape index (κ1) is 22.8. The van der Waals surface area contributed by atoms with Crippen molar-refractivity contribution in [1.82, 2.24) is 30.0 Å². The number of aromatic amines is 1. The van der Waals surface area contributed by atoms with Gasteiger partial charge < -0.3 is 19.9 Å². The summed E-state index contributed by atoms with van der Waals surface area (Å²) < 4.78 is 7.43. The molecular weight excluding hydrogens is 424 g/mol. The first-order valence-electron chi connectivity index (χ1n) is 12.3. The zero-order chi connectivity index (χ0) is 23.2. The van der Waals surface area contributed by atoms with Crippen LogP contribution in [-0.4, -0.2) is 64.0 Å². The van der Waals surface area contributed by atoms with Gasteiger partial charge in [0.1, 0.15) is 12.7 Å². The van der Waals surface area contributed by atoms with Crippen molar-refractivity contribution in [3.63, 3.8) is 0 Å². The third-order valence-corrected chi connectivity index (χ3v) is 6.95. The SMILES string of the molecule is COC[C@H](NC1CCN(CCCc2c[nH]c3ccc(-n4cnnc4)cc23)CC1)c1ccccc1. The first-order chi connectivity index (χ1) is 16.8. The van der Waals surface area contributed by atoms with Gasteiger partial charge in [0.05, 0.1) is 12.6 Å². The van der Waals surface area contributed by atoms with E-state index in [9.17, 15) is 0 Å². The van der Waals surface area contributed by atoms with E-state index in [0.717, 1.165) is 38.2 Å². The van der Waals surface area contributed by atoms with Crippen molar-refractivity contribution in [1.29, 1.82) is 0 Å². The van der Waals surface area contributed by atoms with Crippen LogP contribution >= 0.6 is 0 Å². The van der Waals surface area contributed by atoms with Gasteiger partial charge in [-0.2, -0.15) is 0 Å². The summed E-state index contributed by atoms with van der Waals surface area (Å²) >= 11 is 0. The molecule has 0 unspecified atom stereocenters. The maximum Gasteiger partial charge on any atom is 0.123 e. The Labute approximate surface area is 201 Å². The fourth-order valence-corrected chi connectivity index (χ4v) is 5.06. The molecule has 0 spiro atoms. The van der Waals surface area contributed by atoms with Crippen LogP contribution in [0.15, 0.2) is 67.4 Å². The molecule has 7 heteroatoms. The van der Waals surface area contributed by atoms with Gasteiger partial charge in [-0.3, -0.25) is 4.57 Å². The Morgan fingerprint density at radius 1 is 1.09 bits per heavy atom. The third-order valence-electron chi connectivity index (χ3n) is 6.95. The zero-order valence-electron chi connectivity index (χ0n) is 19.9. The molecule has 178 valence electrons. The van der Waals surface area contributed by atoms with E-state index in [1.807, 2.05) is 4.57 Å². The van der Waals surface area contributed by atoms with Crippen molar-refractivity contribution in [2.24, 2.45) is 0 Å². The van der Waals surface area contributed by atoms with Crippen LogP contribution in [0.4, 0.5) is 0 Å². The van der Waals surface area contributed by atoms with Gasteiger partial charge in [0.15, 0.2) is 0 Å². The van der Waals surface area contributed by atoms with Crippen molar-refractivity contribution in [2.75, 3.05) is 33.4 Å². The van der Waals surface area contributed by atoms with Crippen LogP contribution < -0.4 is 5.32 Å². The van der Waals surface area contributed by atoms with Crippen molar-refractivity contribution < 1.29 is 4.74 Å². The van der Waals surface area contributed by atoms with Crippen LogP contribution in [0, 0.1) is 0 Å². The van der Waals surface area contributed by atoms with E-state index >= 15 is 0 Å². The number of aryl methyl sites for hydroxylation is 1. The second kappa shape index (κ2) is 11.0. The number of nitrogens with zero attached hydrogens (tertiary/aromatic N) is 4. The van der Waals surface area contributed by atoms with Crippen LogP contribution in [0.2, 0.25) is 0 Å². The molecule has 0 amide bonds. The van der Waals surface area contributed by atoms with E-state index in [-0.39, 0.29) is 6.04 Å². The Balaban J connectivity index is 1.11. The van der Waals surface area contributed by atoms with Gasteiger partial charge in [-0.05, 0) is 74.6 Å². The quantitative estimate of drug-likeness (QED) is 0.374. The highest BCUT2D eigenvalue weighted by Crippen LogP contribution is 2.23. The molecular formula is C27H34N6O. The predicted molar refractivity (Wildman–Crippen MR) is 135 cm³/mol. The number of likely N-dealkylation sites (tertiary alicyclic amines) is 1. The lowest BCUT2D eigenvalue weighted by Crippen LogP contribution is -2.44. The molecule has 0 bridgehead atoms. The minimum absolute atomic E-state index is 0.257. The fourth-order valence-electron chi connectivity index (χ4n) is 5.06. The van der Waals surface area contributed by atoms with Crippen LogP contribution in [-0.2, 0) is 11.2 Å². The average Bonchev–Trinajstić information content (AvgIpc) is 3.56. The van der Waals surface area contributed by atoms with Gasteiger partial charge in [-0.25, -0.2) is 0 Å². The van der Waals surface area contributed by atoms with Gasteiger partial charge in [0.2, 0.25) is 0 Å². The van der Waals surface area contributed by atoms with Gasteiger partial charge in [0, 0.05) is 35.9 Å². The Morgan fingerprint density at radius 3 is 2.65 bits per heavy atom. The molecule has 2 aromatic heterocycles. The molecule has 2 aromatic carbocycles. The summed E-state index contributed by atoms with van der Waals surface area (Å²) in [4.78, 5) is 6.04. The van der Waals surface area contributed by atoms with Crippen molar-refractivity contribution in [3.8, 4) is 5.69 Å². The normalized spacial score (nSPS) is 16.3. The van der Waals surface area contributed by atoms with E-state index in [4.69, 9.17) is 4.74 Å². The number of aromatic nitrogens is 4. The Morgan fingerprint density at radius 2 is 1.88 bits per heavy atom. The third kappa shape index (κ3) is 5.38. The smallest absolute Gasteiger partial charge is 0.123 e.